The number of rotatable bonds is 6. The Morgan fingerprint density at radius 3 is 2.85 bits per heavy atom. The smallest absolute Gasteiger partial charge is 0.319 e. The largest absolute Gasteiger partial charge is 0.383 e. The van der Waals surface area contributed by atoms with E-state index < -0.39 is 0 Å². The van der Waals surface area contributed by atoms with Gasteiger partial charge in [0.25, 0.3) is 5.56 Å². The van der Waals surface area contributed by atoms with Gasteiger partial charge in [-0.3, -0.25) is 9.69 Å². The summed E-state index contributed by atoms with van der Waals surface area (Å²) in [6, 6.07) is 8.64. The van der Waals surface area contributed by atoms with Crippen LogP contribution < -0.4 is 21.9 Å². The summed E-state index contributed by atoms with van der Waals surface area (Å²) in [6.45, 7) is 4.31. The molecule has 1 fully saturated rings. The summed E-state index contributed by atoms with van der Waals surface area (Å²) in [6.07, 6.45) is 0.378. The van der Waals surface area contributed by atoms with E-state index in [2.05, 4.69) is 25.5 Å². The summed E-state index contributed by atoms with van der Waals surface area (Å²) in [4.78, 5) is 32.5. The molecular formula is C18H24N6O3. The van der Waals surface area contributed by atoms with Crippen LogP contribution in [-0.4, -0.2) is 53.7 Å². The number of morpholine rings is 1. The molecule has 2 heterocycles. The Morgan fingerprint density at radius 1 is 1.30 bits per heavy atom. The monoisotopic (exact) mass is 372 g/mol. The number of hydrogen-bond acceptors (Lipinski definition) is 6. The molecule has 0 saturated carbocycles. The molecule has 27 heavy (non-hydrogen) atoms. The minimum atomic E-state index is -0.310. The molecule has 0 aliphatic carbocycles. The second-order valence-electron chi connectivity index (χ2n) is 6.29. The number of H-pyrrole nitrogens is 1. The number of carbonyl (C=O) groups excluding carboxylic acids is 1. The Bertz CT molecular complexity index is 832. The molecule has 2 aromatic rings. The van der Waals surface area contributed by atoms with Crippen LogP contribution in [0.1, 0.15) is 11.4 Å². The van der Waals surface area contributed by atoms with E-state index in [0.29, 0.717) is 18.8 Å². The number of nitrogens with two attached hydrogens (primary N) is 1. The fraction of sp³-hybridized carbons (Fsp3) is 0.389. The molecule has 0 unspecified atom stereocenters. The number of ether oxygens (including phenoxy) is 1. The number of benzene rings is 1. The van der Waals surface area contributed by atoms with Crippen molar-refractivity contribution in [3.8, 4) is 0 Å². The van der Waals surface area contributed by atoms with Crippen molar-refractivity contribution in [3.05, 3.63) is 52.1 Å². The number of nitrogens with one attached hydrogen (secondary N) is 3. The number of aromatic amines is 1. The molecule has 0 atom stereocenters. The molecule has 1 saturated heterocycles. The van der Waals surface area contributed by atoms with Crippen molar-refractivity contribution in [2.75, 3.05) is 43.9 Å². The second kappa shape index (κ2) is 9.15. The summed E-state index contributed by atoms with van der Waals surface area (Å²) in [7, 11) is 0. The van der Waals surface area contributed by atoms with Crippen LogP contribution in [-0.2, 0) is 17.7 Å². The highest BCUT2D eigenvalue weighted by Crippen LogP contribution is 2.17. The SMILES string of the molecule is Nc1cc(=O)[nH]c(CCNC(=O)Nc2ccccc2CN2CCOCC2)n1. The number of carbonyl (C=O) groups is 1. The maximum Gasteiger partial charge on any atom is 0.319 e. The first-order chi connectivity index (χ1) is 13.1. The highest BCUT2D eigenvalue weighted by molar-refractivity contribution is 5.90. The van der Waals surface area contributed by atoms with Gasteiger partial charge < -0.3 is 26.1 Å². The highest BCUT2D eigenvalue weighted by Gasteiger charge is 2.13. The van der Waals surface area contributed by atoms with Crippen LogP contribution in [0.5, 0.6) is 0 Å². The van der Waals surface area contributed by atoms with E-state index in [9.17, 15) is 9.59 Å². The van der Waals surface area contributed by atoms with Crippen LogP contribution >= 0.6 is 0 Å². The maximum absolute atomic E-state index is 12.2. The van der Waals surface area contributed by atoms with Gasteiger partial charge in [0, 0.05) is 44.4 Å². The standard InChI is InChI=1S/C18H24N6O3/c19-15-11-17(25)23-16(22-15)5-6-20-18(26)21-14-4-2-1-3-13(14)12-24-7-9-27-10-8-24/h1-4,11H,5-10,12H2,(H2,20,21,26)(H3,19,22,23,25). The third-order valence-electron chi connectivity index (χ3n) is 4.22. The van der Waals surface area contributed by atoms with E-state index >= 15 is 0 Å². The van der Waals surface area contributed by atoms with Gasteiger partial charge in [-0.05, 0) is 11.6 Å². The molecule has 144 valence electrons. The zero-order chi connectivity index (χ0) is 19.1. The van der Waals surface area contributed by atoms with Crippen LogP contribution in [0.15, 0.2) is 35.1 Å². The number of anilines is 2. The minimum absolute atomic E-state index is 0.162. The predicted octanol–water partition coefficient (Wildman–Crippen LogP) is 0.548. The summed E-state index contributed by atoms with van der Waals surface area (Å²) in [5.41, 5.74) is 7.06. The fourth-order valence-electron chi connectivity index (χ4n) is 2.89. The van der Waals surface area contributed by atoms with Crippen molar-refractivity contribution in [2.45, 2.75) is 13.0 Å². The summed E-state index contributed by atoms with van der Waals surface area (Å²) >= 11 is 0. The predicted molar refractivity (Wildman–Crippen MR) is 103 cm³/mol. The van der Waals surface area contributed by atoms with Gasteiger partial charge in [-0.25, -0.2) is 9.78 Å². The van der Waals surface area contributed by atoms with E-state index in [1.54, 1.807) is 0 Å². The van der Waals surface area contributed by atoms with Gasteiger partial charge in [-0.15, -0.1) is 0 Å². The van der Waals surface area contributed by atoms with E-state index in [4.69, 9.17) is 10.5 Å². The molecule has 0 spiro atoms. The van der Waals surface area contributed by atoms with E-state index in [1.165, 1.54) is 6.07 Å². The Balaban J connectivity index is 1.52. The number of hydrogen-bond donors (Lipinski definition) is 4. The lowest BCUT2D eigenvalue weighted by atomic mass is 10.1. The van der Waals surface area contributed by atoms with Crippen molar-refractivity contribution in [2.24, 2.45) is 0 Å². The molecule has 5 N–H and O–H groups in total. The first-order valence-corrected chi connectivity index (χ1v) is 8.89. The van der Waals surface area contributed by atoms with E-state index in [-0.39, 0.29) is 17.4 Å². The van der Waals surface area contributed by atoms with Gasteiger partial charge in [-0.2, -0.15) is 0 Å². The zero-order valence-corrected chi connectivity index (χ0v) is 15.0. The number of urea groups is 1. The van der Waals surface area contributed by atoms with Crippen molar-refractivity contribution >= 4 is 17.5 Å². The average Bonchev–Trinajstić information content (AvgIpc) is 2.63. The van der Waals surface area contributed by atoms with Crippen molar-refractivity contribution in [1.29, 1.82) is 0 Å². The van der Waals surface area contributed by atoms with Crippen molar-refractivity contribution in [3.63, 3.8) is 0 Å². The van der Waals surface area contributed by atoms with E-state index in [0.717, 1.165) is 44.1 Å². The summed E-state index contributed by atoms with van der Waals surface area (Å²) in [5, 5.41) is 5.65. The molecule has 1 aliphatic heterocycles. The van der Waals surface area contributed by atoms with Gasteiger partial charge in [0.1, 0.15) is 11.6 Å². The molecule has 2 amide bonds. The number of amides is 2. The Hall–Kier alpha value is -2.91. The molecule has 9 nitrogen and oxygen atoms in total. The molecule has 3 rings (SSSR count). The van der Waals surface area contributed by atoms with Gasteiger partial charge in [0.2, 0.25) is 0 Å². The normalized spacial score (nSPS) is 14.7. The van der Waals surface area contributed by atoms with Crippen molar-refractivity contribution < 1.29 is 9.53 Å². The quantitative estimate of drug-likeness (QED) is 0.587. The first kappa shape index (κ1) is 18.9. The van der Waals surface area contributed by atoms with Crippen LogP contribution in [0.2, 0.25) is 0 Å². The average molecular weight is 372 g/mol. The Labute approximate surface area is 156 Å². The maximum atomic E-state index is 12.2. The number of nitrogens with zero attached hydrogens (tertiary/aromatic N) is 2. The third-order valence-corrected chi connectivity index (χ3v) is 4.22. The van der Waals surface area contributed by atoms with Crippen LogP contribution in [0.25, 0.3) is 0 Å². The Morgan fingerprint density at radius 2 is 2.07 bits per heavy atom. The molecule has 1 aromatic carbocycles. The first-order valence-electron chi connectivity index (χ1n) is 8.89. The highest BCUT2D eigenvalue weighted by atomic mass is 16.5. The lowest BCUT2D eigenvalue weighted by molar-refractivity contribution is 0.0343. The van der Waals surface area contributed by atoms with Gasteiger partial charge >= 0.3 is 6.03 Å². The van der Waals surface area contributed by atoms with Crippen LogP contribution in [0.3, 0.4) is 0 Å². The van der Waals surface area contributed by atoms with Gasteiger partial charge in [0.05, 0.1) is 13.2 Å². The van der Waals surface area contributed by atoms with Crippen LogP contribution in [0.4, 0.5) is 16.3 Å². The van der Waals surface area contributed by atoms with Crippen molar-refractivity contribution in [1.82, 2.24) is 20.2 Å². The molecular weight excluding hydrogens is 348 g/mol. The Kier molecular flexibility index (Phi) is 6.39. The van der Waals surface area contributed by atoms with E-state index in [1.807, 2.05) is 24.3 Å². The second-order valence-corrected chi connectivity index (χ2v) is 6.29. The molecule has 1 aromatic heterocycles. The molecule has 9 heteroatoms. The molecule has 0 bridgehead atoms. The molecule has 1 aliphatic rings. The third kappa shape index (κ3) is 5.80. The van der Waals surface area contributed by atoms with Gasteiger partial charge in [0.15, 0.2) is 0 Å². The van der Waals surface area contributed by atoms with Crippen LogP contribution in [0, 0.1) is 0 Å². The summed E-state index contributed by atoms with van der Waals surface area (Å²) < 4.78 is 5.37. The summed E-state index contributed by atoms with van der Waals surface area (Å²) in [5.74, 6) is 0.600. The zero-order valence-electron chi connectivity index (χ0n) is 15.0. The minimum Gasteiger partial charge on any atom is -0.383 e. The lowest BCUT2D eigenvalue weighted by Gasteiger charge is -2.27. The number of para-hydroxylation sites is 1. The fourth-order valence-corrected chi connectivity index (χ4v) is 2.89. The lowest BCUT2D eigenvalue weighted by Crippen LogP contribution is -2.36. The van der Waals surface area contributed by atoms with Gasteiger partial charge in [-0.1, -0.05) is 18.2 Å². The molecule has 0 radical (unpaired) electrons. The number of nitrogen functional groups attached to an aromatic ring is 1. The topological polar surface area (TPSA) is 125 Å². The number of aromatic nitrogens is 2.